The van der Waals surface area contributed by atoms with Gasteiger partial charge in [-0.25, -0.2) is 0 Å². The molecular formula is C16H16ClNO3S. The molecule has 6 heteroatoms. The lowest BCUT2D eigenvalue weighted by molar-refractivity contribution is 0.103. The molecule has 22 heavy (non-hydrogen) atoms. The fourth-order valence-electron chi connectivity index (χ4n) is 2.58. The molecule has 1 N–H and O–H groups in total. The quantitative estimate of drug-likeness (QED) is 0.911. The molecule has 1 aromatic heterocycles. The van der Waals surface area contributed by atoms with E-state index in [0.29, 0.717) is 22.2 Å². The predicted octanol–water partition coefficient (Wildman–Crippen LogP) is 4.16. The number of halogens is 1. The summed E-state index contributed by atoms with van der Waals surface area (Å²) < 4.78 is 10.5. The lowest BCUT2D eigenvalue weighted by Crippen LogP contribution is -2.11. The molecule has 1 heterocycles. The van der Waals surface area contributed by atoms with E-state index in [1.165, 1.54) is 31.1 Å². The van der Waals surface area contributed by atoms with Crippen LogP contribution in [0.3, 0.4) is 0 Å². The lowest BCUT2D eigenvalue weighted by Gasteiger charge is -2.12. The Balaban J connectivity index is 1.86. The number of nitrogens with one attached hydrogen (secondary N) is 1. The van der Waals surface area contributed by atoms with Crippen LogP contribution in [0.4, 0.5) is 5.69 Å². The number of hydrogen-bond acceptors (Lipinski definition) is 4. The summed E-state index contributed by atoms with van der Waals surface area (Å²) in [6.45, 7) is 0. The Morgan fingerprint density at radius 3 is 2.64 bits per heavy atom. The number of ether oxygens (including phenoxy) is 2. The second kappa shape index (κ2) is 6.18. The highest BCUT2D eigenvalue weighted by atomic mass is 35.5. The highest BCUT2D eigenvalue weighted by Gasteiger charge is 2.20. The molecule has 3 rings (SSSR count). The number of amides is 1. The van der Waals surface area contributed by atoms with Crippen LogP contribution in [-0.4, -0.2) is 20.1 Å². The first-order valence-corrected chi connectivity index (χ1v) is 8.16. The Morgan fingerprint density at radius 2 is 1.95 bits per heavy atom. The number of anilines is 1. The molecule has 0 spiro atoms. The predicted molar refractivity (Wildman–Crippen MR) is 88.9 cm³/mol. The van der Waals surface area contributed by atoms with Crippen molar-refractivity contribution < 1.29 is 14.3 Å². The van der Waals surface area contributed by atoms with Gasteiger partial charge in [-0.3, -0.25) is 4.79 Å². The first-order chi connectivity index (χ1) is 10.6. The molecule has 0 fully saturated rings. The van der Waals surface area contributed by atoms with E-state index in [2.05, 4.69) is 5.32 Å². The van der Waals surface area contributed by atoms with Gasteiger partial charge in [-0.05, 0) is 30.9 Å². The number of carbonyl (C=O) groups excluding carboxylic acids is 1. The molecule has 0 saturated carbocycles. The minimum Gasteiger partial charge on any atom is -0.495 e. The molecule has 0 atom stereocenters. The van der Waals surface area contributed by atoms with Gasteiger partial charge in [0.2, 0.25) is 0 Å². The molecule has 116 valence electrons. The van der Waals surface area contributed by atoms with Gasteiger partial charge in [-0.2, -0.15) is 0 Å². The van der Waals surface area contributed by atoms with Crippen LogP contribution in [-0.2, 0) is 12.8 Å². The zero-order chi connectivity index (χ0) is 15.7. The molecule has 1 aromatic carbocycles. The van der Waals surface area contributed by atoms with E-state index < -0.39 is 0 Å². The van der Waals surface area contributed by atoms with Gasteiger partial charge in [-0.1, -0.05) is 11.6 Å². The SMILES string of the molecule is COc1cc(NC(=O)c2cc3c(s2)CCC3)c(OC)cc1Cl. The van der Waals surface area contributed by atoms with Gasteiger partial charge in [0.05, 0.1) is 29.8 Å². The second-order valence-corrected chi connectivity index (χ2v) is 6.60. The van der Waals surface area contributed by atoms with Crippen molar-refractivity contribution >= 4 is 34.5 Å². The highest BCUT2D eigenvalue weighted by molar-refractivity contribution is 7.14. The van der Waals surface area contributed by atoms with E-state index in [0.717, 1.165) is 17.7 Å². The zero-order valence-corrected chi connectivity index (χ0v) is 13.9. The number of hydrogen-bond donors (Lipinski definition) is 1. The third kappa shape index (κ3) is 2.78. The fourth-order valence-corrected chi connectivity index (χ4v) is 3.96. The molecule has 4 nitrogen and oxygen atoms in total. The minimum absolute atomic E-state index is 0.137. The normalized spacial score (nSPS) is 12.9. The van der Waals surface area contributed by atoms with E-state index >= 15 is 0 Å². The molecular weight excluding hydrogens is 322 g/mol. The van der Waals surface area contributed by atoms with Crippen molar-refractivity contribution in [2.75, 3.05) is 19.5 Å². The molecule has 0 bridgehead atoms. The standard InChI is InChI=1S/C16H16ClNO3S/c1-20-12-8-11(13(21-2)7-10(12)17)18-16(19)15-6-9-4-3-5-14(9)22-15/h6-8H,3-5H2,1-2H3,(H,18,19). The van der Waals surface area contributed by atoms with Gasteiger partial charge in [0, 0.05) is 17.0 Å². The number of methoxy groups -OCH3 is 2. The van der Waals surface area contributed by atoms with Gasteiger partial charge in [-0.15, -0.1) is 11.3 Å². The highest BCUT2D eigenvalue weighted by Crippen LogP contribution is 2.37. The van der Waals surface area contributed by atoms with Crippen molar-refractivity contribution in [3.63, 3.8) is 0 Å². The largest absolute Gasteiger partial charge is 0.495 e. The van der Waals surface area contributed by atoms with E-state index in [1.54, 1.807) is 23.5 Å². The molecule has 2 aromatic rings. The third-order valence-corrected chi connectivity index (χ3v) is 5.22. The van der Waals surface area contributed by atoms with Crippen LogP contribution in [0.1, 0.15) is 26.5 Å². The first kappa shape index (κ1) is 15.2. The Kier molecular flexibility index (Phi) is 4.27. The number of fused-ring (bicyclic) bond motifs is 1. The van der Waals surface area contributed by atoms with Crippen molar-refractivity contribution in [3.05, 3.63) is 38.5 Å². The summed E-state index contributed by atoms with van der Waals surface area (Å²) >= 11 is 7.63. The average Bonchev–Trinajstić information content (AvgIpc) is 3.09. The molecule has 1 aliphatic carbocycles. The van der Waals surface area contributed by atoms with Crippen molar-refractivity contribution in [2.45, 2.75) is 19.3 Å². The van der Waals surface area contributed by atoms with Crippen LogP contribution in [0.2, 0.25) is 5.02 Å². The van der Waals surface area contributed by atoms with Crippen LogP contribution in [0, 0.1) is 0 Å². The van der Waals surface area contributed by atoms with Crippen molar-refractivity contribution in [1.29, 1.82) is 0 Å². The molecule has 0 saturated heterocycles. The van der Waals surface area contributed by atoms with Crippen LogP contribution in [0.5, 0.6) is 11.5 Å². The van der Waals surface area contributed by atoms with E-state index in [9.17, 15) is 4.79 Å². The molecule has 0 radical (unpaired) electrons. The Morgan fingerprint density at radius 1 is 1.18 bits per heavy atom. The summed E-state index contributed by atoms with van der Waals surface area (Å²) in [7, 11) is 3.07. The summed E-state index contributed by atoms with van der Waals surface area (Å²) in [5.74, 6) is 0.858. The number of aryl methyl sites for hydroxylation is 2. The van der Waals surface area contributed by atoms with Gasteiger partial charge in [0.25, 0.3) is 5.91 Å². The lowest BCUT2D eigenvalue weighted by atomic mass is 10.2. The molecule has 0 aliphatic heterocycles. The van der Waals surface area contributed by atoms with Crippen LogP contribution in [0.15, 0.2) is 18.2 Å². The number of thiophene rings is 1. The molecule has 1 aliphatic rings. The second-order valence-electron chi connectivity index (χ2n) is 5.05. The summed E-state index contributed by atoms with van der Waals surface area (Å²) in [5.41, 5.74) is 1.85. The van der Waals surface area contributed by atoms with E-state index in [4.69, 9.17) is 21.1 Å². The van der Waals surface area contributed by atoms with E-state index in [-0.39, 0.29) is 5.91 Å². The van der Waals surface area contributed by atoms with Crippen LogP contribution >= 0.6 is 22.9 Å². The third-order valence-electron chi connectivity index (χ3n) is 3.69. The monoisotopic (exact) mass is 337 g/mol. The number of rotatable bonds is 4. The van der Waals surface area contributed by atoms with Crippen LogP contribution in [0.25, 0.3) is 0 Å². The summed E-state index contributed by atoms with van der Waals surface area (Å²) in [4.78, 5) is 14.5. The Labute approximate surface area is 138 Å². The van der Waals surface area contributed by atoms with Crippen LogP contribution < -0.4 is 14.8 Å². The maximum atomic E-state index is 12.4. The number of carbonyl (C=O) groups is 1. The zero-order valence-electron chi connectivity index (χ0n) is 12.4. The van der Waals surface area contributed by atoms with E-state index in [1.807, 2.05) is 6.07 Å². The summed E-state index contributed by atoms with van der Waals surface area (Å²) in [5, 5.41) is 3.31. The molecule has 1 amide bonds. The topological polar surface area (TPSA) is 47.6 Å². The maximum absolute atomic E-state index is 12.4. The first-order valence-electron chi connectivity index (χ1n) is 6.97. The van der Waals surface area contributed by atoms with Crippen molar-refractivity contribution in [1.82, 2.24) is 0 Å². The Hall–Kier alpha value is -1.72. The molecule has 0 unspecified atom stereocenters. The maximum Gasteiger partial charge on any atom is 0.265 e. The van der Waals surface area contributed by atoms with Gasteiger partial charge in [0.15, 0.2) is 0 Å². The van der Waals surface area contributed by atoms with Gasteiger partial charge in [0.1, 0.15) is 11.5 Å². The summed E-state index contributed by atoms with van der Waals surface area (Å²) in [6, 6.07) is 5.28. The Bertz CT molecular complexity index is 705. The fraction of sp³-hybridized carbons (Fsp3) is 0.312. The van der Waals surface area contributed by atoms with Gasteiger partial charge < -0.3 is 14.8 Å². The van der Waals surface area contributed by atoms with Gasteiger partial charge >= 0.3 is 0 Å². The van der Waals surface area contributed by atoms with Crippen molar-refractivity contribution in [3.8, 4) is 11.5 Å². The summed E-state index contributed by atoms with van der Waals surface area (Å²) in [6.07, 6.45) is 3.33. The minimum atomic E-state index is -0.137. The average molecular weight is 338 g/mol. The smallest absolute Gasteiger partial charge is 0.265 e. The number of benzene rings is 1. The van der Waals surface area contributed by atoms with Crippen molar-refractivity contribution in [2.24, 2.45) is 0 Å².